The van der Waals surface area contributed by atoms with Crippen LogP contribution in [0, 0.1) is 0 Å². The first-order chi connectivity index (χ1) is 10.7. The van der Waals surface area contributed by atoms with Gasteiger partial charge in [0.15, 0.2) is 0 Å². The molecule has 23 heavy (non-hydrogen) atoms. The lowest BCUT2D eigenvalue weighted by atomic mass is 10.0. The number of carboxylic acid groups (broad SMARTS) is 2. The Morgan fingerprint density at radius 3 is 2.04 bits per heavy atom. The maximum Gasteiger partial charge on any atom is 0.328 e. The molecule has 0 saturated carbocycles. The van der Waals surface area contributed by atoms with Gasteiger partial charge in [-0.15, -0.1) is 0 Å². The highest BCUT2D eigenvalue weighted by atomic mass is 32.2. The van der Waals surface area contributed by atoms with Crippen LogP contribution in [0.1, 0.15) is 58.3 Å². The molecule has 0 bridgehead atoms. The molecule has 1 atom stereocenters. The molecule has 0 heterocycles. The summed E-state index contributed by atoms with van der Waals surface area (Å²) in [5.41, 5.74) is 0. The van der Waals surface area contributed by atoms with Gasteiger partial charge in [0.2, 0.25) is 4.75 Å². The molecule has 0 radical (unpaired) electrons. The van der Waals surface area contributed by atoms with Gasteiger partial charge in [-0.2, -0.15) is 8.42 Å². The standard InChI is InChI=1S/C14H26O8S/c1-2-3-4-5-6-7-9-22-10-8-14(13(17)18,11-12(15)16)23(19,20)21/h2-11H2,1H3,(H,15,16)(H,17,18)(H,19,20,21). The molecule has 0 aromatic rings. The Balaban J connectivity index is 4.37. The average molecular weight is 354 g/mol. The van der Waals surface area contributed by atoms with E-state index in [-0.39, 0.29) is 6.61 Å². The second kappa shape index (κ2) is 10.6. The van der Waals surface area contributed by atoms with Gasteiger partial charge < -0.3 is 14.9 Å². The molecule has 0 aliphatic heterocycles. The Kier molecular flexibility index (Phi) is 10.0. The fraction of sp³-hybridized carbons (Fsp3) is 0.857. The van der Waals surface area contributed by atoms with Crippen molar-refractivity contribution in [2.24, 2.45) is 0 Å². The second-order valence-corrected chi connectivity index (χ2v) is 7.21. The van der Waals surface area contributed by atoms with Crippen molar-refractivity contribution >= 4 is 22.1 Å². The third-order valence-electron chi connectivity index (χ3n) is 3.61. The van der Waals surface area contributed by atoms with E-state index in [1.807, 2.05) is 0 Å². The summed E-state index contributed by atoms with van der Waals surface area (Å²) in [7, 11) is -5.09. The highest BCUT2D eigenvalue weighted by molar-refractivity contribution is 7.88. The quantitative estimate of drug-likeness (QED) is 0.318. The van der Waals surface area contributed by atoms with Crippen molar-refractivity contribution in [1.82, 2.24) is 0 Å². The summed E-state index contributed by atoms with van der Waals surface area (Å²) < 4.78 is 34.3. The van der Waals surface area contributed by atoms with Crippen LogP contribution in [-0.4, -0.2) is 53.1 Å². The molecule has 0 saturated heterocycles. The number of rotatable bonds is 14. The molecule has 0 aromatic carbocycles. The third kappa shape index (κ3) is 7.76. The van der Waals surface area contributed by atoms with Gasteiger partial charge in [-0.05, 0) is 6.42 Å². The molecule has 9 heteroatoms. The van der Waals surface area contributed by atoms with E-state index < -0.39 is 39.6 Å². The Bertz CT molecular complexity index is 473. The highest BCUT2D eigenvalue weighted by Crippen LogP contribution is 2.26. The fourth-order valence-electron chi connectivity index (χ4n) is 2.17. The number of hydrogen-bond acceptors (Lipinski definition) is 5. The third-order valence-corrected chi connectivity index (χ3v) is 5.12. The SMILES string of the molecule is CCCCCCCCOCCC(CC(=O)O)(C(=O)O)S(=O)(=O)O. The molecule has 0 spiro atoms. The molecule has 0 aromatic heterocycles. The zero-order chi connectivity index (χ0) is 17.9. The van der Waals surface area contributed by atoms with Crippen LogP contribution in [0.4, 0.5) is 0 Å². The number of carbonyl (C=O) groups is 2. The van der Waals surface area contributed by atoms with Crippen LogP contribution in [0.2, 0.25) is 0 Å². The minimum atomic E-state index is -5.09. The van der Waals surface area contributed by atoms with Gasteiger partial charge in [0.25, 0.3) is 10.1 Å². The predicted molar refractivity (Wildman–Crippen MR) is 83.0 cm³/mol. The summed E-state index contributed by atoms with van der Waals surface area (Å²) in [5, 5.41) is 17.8. The fourth-order valence-corrected chi connectivity index (χ4v) is 3.04. The Labute approximate surface area is 136 Å². The molecule has 0 fully saturated rings. The van der Waals surface area contributed by atoms with Gasteiger partial charge in [-0.3, -0.25) is 14.1 Å². The topological polar surface area (TPSA) is 138 Å². The normalized spacial score (nSPS) is 14.3. The number of aliphatic carboxylic acids is 2. The van der Waals surface area contributed by atoms with Crippen LogP contribution in [0.15, 0.2) is 0 Å². The van der Waals surface area contributed by atoms with Crippen molar-refractivity contribution in [3.8, 4) is 0 Å². The number of hydrogen-bond donors (Lipinski definition) is 3. The molecule has 0 aliphatic carbocycles. The van der Waals surface area contributed by atoms with E-state index in [0.29, 0.717) is 6.61 Å². The van der Waals surface area contributed by atoms with Crippen LogP contribution in [0.25, 0.3) is 0 Å². The minimum absolute atomic E-state index is 0.256. The second-order valence-electron chi connectivity index (χ2n) is 5.48. The first kappa shape index (κ1) is 21.8. The van der Waals surface area contributed by atoms with E-state index in [4.69, 9.17) is 19.5 Å². The molecule has 1 unspecified atom stereocenters. The maximum absolute atomic E-state index is 11.4. The number of carboxylic acids is 2. The van der Waals surface area contributed by atoms with Crippen molar-refractivity contribution in [1.29, 1.82) is 0 Å². The van der Waals surface area contributed by atoms with Crippen molar-refractivity contribution in [2.75, 3.05) is 13.2 Å². The van der Waals surface area contributed by atoms with Gasteiger partial charge >= 0.3 is 11.9 Å². The number of unbranched alkanes of at least 4 members (excludes halogenated alkanes) is 5. The van der Waals surface area contributed by atoms with Crippen molar-refractivity contribution in [3.63, 3.8) is 0 Å². The van der Waals surface area contributed by atoms with Crippen molar-refractivity contribution < 1.29 is 37.5 Å². The Hall–Kier alpha value is -1.19. The van der Waals surface area contributed by atoms with Crippen LogP contribution in [0.5, 0.6) is 0 Å². The average Bonchev–Trinajstić information content (AvgIpc) is 2.42. The Morgan fingerprint density at radius 2 is 1.57 bits per heavy atom. The van der Waals surface area contributed by atoms with E-state index in [1.54, 1.807) is 0 Å². The van der Waals surface area contributed by atoms with Crippen molar-refractivity contribution in [3.05, 3.63) is 0 Å². The molecule has 0 rings (SSSR count). The van der Waals surface area contributed by atoms with E-state index in [9.17, 15) is 18.0 Å². The van der Waals surface area contributed by atoms with Crippen LogP contribution >= 0.6 is 0 Å². The zero-order valence-electron chi connectivity index (χ0n) is 13.4. The lowest BCUT2D eigenvalue weighted by Crippen LogP contribution is -2.48. The first-order valence-corrected chi connectivity index (χ1v) is 9.11. The van der Waals surface area contributed by atoms with E-state index in [1.165, 1.54) is 6.42 Å². The van der Waals surface area contributed by atoms with Gasteiger partial charge in [0.1, 0.15) is 0 Å². The minimum Gasteiger partial charge on any atom is -0.481 e. The van der Waals surface area contributed by atoms with Gasteiger partial charge in [-0.1, -0.05) is 39.0 Å². The molecule has 0 aliphatic rings. The zero-order valence-corrected chi connectivity index (χ0v) is 14.2. The smallest absolute Gasteiger partial charge is 0.328 e. The molecule has 0 amide bonds. The molecule has 3 N–H and O–H groups in total. The summed E-state index contributed by atoms with van der Waals surface area (Å²) in [5.74, 6) is -3.52. The van der Waals surface area contributed by atoms with E-state index in [0.717, 1.165) is 32.1 Å². The Morgan fingerprint density at radius 1 is 1.00 bits per heavy atom. The van der Waals surface area contributed by atoms with E-state index in [2.05, 4.69) is 6.92 Å². The predicted octanol–water partition coefficient (Wildman–Crippen LogP) is 1.94. The first-order valence-electron chi connectivity index (χ1n) is 7.67. The summed E-state index contributed by atoms with van der Waals surface area (Å²) in [6.07, 6.45) is 4.40. The number of ether oxygens (including phenoxy) is 1. The maximum atomic E-state index is 11.4. The largest absolute Gasteiger partial charge is 0.481 e. The monoisotopic (exact) mass is 354 g/mol. The molecule has 136 valence electrons. The summed E-state index contributed by atoms with van der Waals surface area (Å²) in [6.45, 7) is 2.19. The lowest BCUT2D eigenvalue weighted by molar-refractivity contribution is -0.147. The molecular weight excluding hydrogens is 328 g/mol. The van der Waals surface area contributed by atoms with Gasteiger partial charge in [0.05, 0.1) is 6.42 Å². The van der Waals surface area contributed by atoms with E-state index >= 15 is 0 Å². The summed E-state index contributed by atoms with van der Waals surface area (Å²) >= 11 is 0. The van der Waals surface area contributed by atoms with Gasteiger partial charge in [-0.25, -0.2) is 0 Å². The van der Waals surface area contributed by atoms with Crippen LogP contribution in [0.3, 0.4) is 0 Å². The van der Waals surface area contributed by atoms with Gasteiger partial charge in [0, 0.05) is 19.6 Å². The van der Waals surface area contributed by atoms with Crippen molar-refractivity contribution in [2.45, 2.75) is 63.0 Å². The lowest BCUT2D eigenvalue weighted by Gasteiger charge is -2.24. The summed E-state index contributed by atoms with van der Waals surface area (Å²) in [4.78, 5) is 22.0. The summed E-state index contributed by atoms with van der Waals surface area (Å²) in [6, 6.07) is 0. The van der Waals surface area contributed by atoms with Crippen LogP contribution < -0.4 is 0 Å². The highest BCUT2D eigenvalue weighted by Gasteiger charge is 2.52. The van der Waals surface area contributed by atoms with Crippen LogP contribution in [-0.2, 0) is 24.4 Å². The molecular formula is C14H26O8S. The molecule has 8 nitrogen and oxygen atoms in total.